The monoisotopic (exact) mass is 650 g/mol. The van der Waals surface area contributed by atoms with E-state index in [2.05, 4.69) is 187 Å². The van der Waals surface area contributed by atoms with Gasteiger partial charge in [-0.05, 0) is 85.1 Å². The molecule has 1 aliphatic carbocycles. The number of hydrogen-bond donors (Lipinski definition) is 4. The molecule has 50 heavy (non-hydrogen) atoms. The lowest BCUT2D eigenvalue weighted by molar-refractivity contribution is 0.353. The van der Waals surface area contributed by atoms with Gasteiger partial charge in [0.25, 0.3) is 0 Å². The van der Waals surface area contributed by atoms with Crippen LogP contribution in [0.25, 0.3) is 43.4 Å². The quantitative estimate of drug-likeness (QED) is 0.0879. The Labute approximate surface area is 294 Å². The van der Waals surface area contributed by atoms with Crippen LogP contribution in [-0.4, -0.2) is 6.54 Å². The van der Waals surface area contributed by atoms with Gasteiger partial charge in [0.15, 0.2) is 0 Å². The van der Waals surface area contributed by atoms with Crippen molar-refractivity contribution >= 4 is 43.7 Å². The van der Waals surface area contributed by atoms with Crippen LogP contribution in [0.3, 0.4) is 0 Å². The lowest BCUT2D eigenvalue weighted by Gasteiger charge is -2.28. The number of nitrogens with one attached hydrogen (secondary N) is 3. The highest BCUT2D eigenvalue weighted by molar-refractivity contribution is 6.23. The predicted octanol–water partition coefficient (Wildman–Crippen LogP) is 10.8. The normalized spacial score (nSPS) is 16.9. The SMILES string of the molecule is CC1C=CC=CC1CNC(NC(N)c1ccc(Nc2ccccc2-c2cc3ccccc3c3ccc4ccccc4c23)cc1)c1ccccc1. The summed E-state index contributed by atoms with van der Waals surface area (Å²) in [5, 5.41) is 18.7. The van der Waals surface area contributed by atoms with Gasteiger partial charge in [0, 0.05) is 23.5 Å². The number of rotatable bonds is 10. The molecule has 0 heterocycles. The summed E-state index contributed by atoms with van der Waals surface area (Å²) in [7, 11) is 0. The van der Waals surface area contributed by atoms with Crippen molar-refractivity contribution in [2.75, 3.05) is 11.9 Å². The molecule has 4 unspecified atom stereocenters. The van der Waals surface area contributed by atoms with Gasteiger partial charge in [-0.3, -0.25) is 10.6 Å². The largest absolute Gasteiger partial charge is 0.355 e. The minimum Gasteiger partial charge on any atom is -0.355 e. The van der Waals surface area contributed by atoms with Gasteiger partial charge in [-0.1, -0.05) is 153 Å². The highest BCUT2D eigenvalue weighted by atomic mass is 15.2. The molecule has 0 aliphatic heterocycles. The Balaban J connectivity index is 1.07. The van der Waals surface area contributed by atoms with Crippen LogP contribution in [0.1, 0.15) is 30.4 Å². The second-order valence-electron chi connectivity index (χ2n) is 13.3. The predicted molar refractivity (Wildman–Crippen MR) is 212 cm³/mol. The van der Waals surface area contributed by atoms with Gasteiger partial charge in [0.1, 0.15) is 0 Å². The average molecular weight is 651 g/mol. The van der Waals surface area contributed by atoms with Crippen molar-refractivity contribution in [2.45, 2.75) is 19.3 Å². The van der Waals surface area contributed by atoms with Crippen LogP contribution in [0.15, 0.2) is 170 Å². The van der Waals surface area contributed by atoms with Crippen LogP contribution in [-0.2, 0) is 0 Å². The number of anilines is 2. The summed E-state index contributed by atoms with van der Waals surface area (Å²) in [6, 6.07) is 51.8. The van der Waals surface area contributed by atoms with Crippen LogP contribution >= 0.6 is 0 Å². The van der Waals surface area contributed by atoms with E-state index in [-0.39, 0.29) is 12.3 Å². The Morgan fingerprint density at radius 1 is 0.600 bits per heavy atom. The summed E-state index contributed by atoms with van der Waals surface area (Å²) in [6.07, 6.45) is 8.38. The molecule has 0 spiro atoms. The molecule has 4 atom stereocenters. The third kappa shape index (κ3) is 6.45. The van der Waals surface area contributed by atoms with Crippen molar-refractivity contribution in [1.82, 2.24) is 10.6 Å². The maximum Gasteiger partial charge on any atom is 0.0850 e. The van der Waals surface area contributed by atoms with E-state index in [1.165, 1.54) is 37.9 Å². The molecular formula is C46H42N4. The van der Waals surface area contributed by atoms with Crippen molar-refractivity contribution in [3.63, 3.8) is 0 Å². The fourth-order valence-corrected chi connectivity index (χ4v) is 7.32. The van der Waals surface area contributed by atoms with Crippen molar-refractivity contribution in [2.24, 2.45) is 17.6 Å². The zero-order chi connectivity index (χ0) is 33.9. The van der Waals surface area contributed by atoms with E-state index in [0.29, 0.717) is 11.8 Å². The fraction of sp³-hybridized carbons (Fsp3) is 0.130. The molecule has 0 amide bonds. The third-order valence-electron chi connectivity index (χ3n) is 10.1. The van der Waals surface area contributed by atoms with Gasteiger partial charge in [-0.25, -0.2) is 0 Å². The lowest BCUT2D eigenvalue weighted by Crippen LogP contribution is -2.42. The van der Waals surface area contributed by atoms with Crippen molar-refractivity contribution in [3.05, 3.63) is 181 Å². The summed E-state index contributed by atoms with van der Waals surface area (Å²) < 4.78 is 0. The molecule has 0 fully saturated rings. The minimum absolute atomic E-state index is 0.0877. The zero-order valence-corrected chi connectivity index (χ0v) is 28.3. The highest BCUT2D eigenvalue weighted by Gasteiger charge is 2.20. The molecule has 246 valence electrons. The summed E-state index contributed by atoms with van der Waals surface area (Å²) in [5.74, 6) is 0.922. The average Bonchev–Trinajstić information content (AvgIpc) is 3.17. The van der Waals surface area contributed by atoms with E-state index in [1.807, 2.05) is 6.07 Å². The molecule has 0 aromatic heterocycles. The molecule has 4 heteroatoms. The number of hydrogen-bond acceptors (Lipinski definition) is 4. The Morgan fingerprint density at radius 2 is 1.30 bits per heavy atom. The van der Waals surface area contributed by atoms with Gasteiger partial charge in [0.05, 0.1) is 12.3 Å². The topological polar surface area (TPSA) is 62.1 Å². The van der Waals surface area contributed by atoms with E-state index >= 15 is 0 Å². The van der Waals surface area contributed by atoms with Crippen LogP contribution in [0, 0.1) is 11.8 Å². The Kier molecular flexibility index (Phi) is 8.98. The van der Waals surface area contributed by atoms with Crippen LogP contribution in [0.4, 0.5) is 11.4 Å². The molecule has 1 aliphatic rings. The van der Waals surface area contributed by atoms with Crippen LogP contribution in [0.2, 0.25) is 0 Å². The first-order valence-corrected chi connectivity index (χ1v) is 17.6. The molecule has 0 radical (unpaired) electrons. The smallest absolute Gasteiger partial charge is 0.0850 e. The maximum absolute atomic E-state index is 6.82. The molecule has 0 saturated heterocycles. The maximum atomic E-state index is 6.82. The van der Waals surface area contributed by atoms with Gasteiger partial charge in [-0.2, -0.15) is 0 Å². The first kappa shape index (κ1) is 31.7. The molecule has 5 N–H and O–H groups in total. The van der Waals surface area contributed by atoms with Crippen molar-refractivity contribution in [1.29, 1.82) is 0 Å². The standard InChI is InChI=1S/C46H42N4/c1-31-13-5-6-18-36(31)30-48-46(34-15-3-2-4-16-34)50-45(47)33-23-26-37(27-24-33)49-43-22-12-11-21-40(43)42-29-35-17-8-9-19-38(35)41-28-25-32-14-7-10-20-39(32)44(41)42/h2-29,31,36,45-46,48-50H,30,47H2,1H3. The third-order valence-corrected chi connectivity index (χ3v) is 10.1. The Bertz CT molecular complexity index is 2320. The van der Waals surface area contributed by atoms with E-state index in [1.54, 1.807) is 0 Å². The number of benzene rings is 7. The number of nitrogens with two attached hydrogens (primary N) is 1. The number of allylic oxidation sites excluding steroid dienone is 3. The Hall–Kier alpha value is -5.52. The summed E-state index contributed by atoms with van der Waals surface area (Å²) in [5.41, 5.74) is 13.4. The van der Waals surface area contributed by atoms with Crippen LogP contribution in [0.5, 0.6) is 0 Å². The van der Waals surface area contributed by atoms with Gasteiger partial charge in [0.2, 0.25) is 0 Å². The molecule has 8 rings (SSSR count). The minimum atomic E-state index is -0.356. The van der Waals surface area contributed by atoms with Gasteiger partial charge in [-0.15, -0.1) is 0 Å². The zero-order valence-electron chi connectivity index (χ0n) is 28.3. The number of fused-ring (bicyclic) bond motifs is 5. The molecule has 0 saturated carbocycles. The van der Waals surface area contributed by atoms with E-state index in [9.17, 15) is 0 Å². The van der Waals surface area contributed by atoms with E-state index in [4.69, 9.17) is 5.73 Å². The second-order valence-corrected chi connectivity index (χ2v) is 13.3. The first-order valence-electron chi connectivity index (χ1n) is 17.6. The highest BCUT2D eigenvalue weighted by Crippen LogP contribution is 2.42. The summed E-state index contributed by atoms with van der Waals surface area (Å²) >= 11 is 0. The molecule has 7 aromatic rings. The summed E-state index contributed by atoms with van der Waals surface area (Å²) in [4.78, 5) is 0. The Morgan fingerprint density at radius 3 is 2.12 bits per heavy atom. The molecule has 0 bridgehead atoms. The van der Waals surface area contributed by atoms with E-state index < -0.39 is 0 Å². The second kappa shape index (κ2) is 14.1. The first-order chi connectivity index (χ1) is 24.6. The molecule has 4 nitrogen and oxygen atoms in total. The van der Waals surface area contributed by atoms with Crippen LogP contribution < -0.4 is 21.7 Å². The van der Waals surface area contributed by atoms with Gasteiger partial charge < -0.3 is 11.1 Å². The lowest BCUT2D eigenvalue weighted by atomic mass is 9.89. The van der Waals surface area contributed by atoms with Gasteiger partial charge >= 0.3 is 0 Å². The molecular weight excluding hydrogens is 609 g/mol. The molecule has 7 aromatic carbocycles. The van der Waals surface area contributed by atoms with Crippen molar-refractivity contribution in [3.8, 4) is 11.1 Å². The van der Waals surface area contributed by atoms with E-state index in [0.717, 1.165) is 34.6 Å². The summed E-state index contributed by atoms with van der Waals surface area (Å²) in [6.45, 7) is 3.12. The van der Waals surface area contributed by atoms with Crippen molar-refractivity contribution < 1.29 is 0 Å². The fourth-order valence-electron chi connectivity index (χ4n) is 7.32. The number of para-hydroxylation sites is 1.